The largest absolute Gasteiger partial charge is 0.453 e. The molecule has 0 aliphatic rings. The van der Waals surface area contributed by atoms with Crippen molar-refractivity contribution in [2.24, 2.45) is 0 Å². The number of non-ortho nitro benzene ring substituents is 1. The Balaban J connectivity index is 2.73. The molecule has 0 aliphatic carbocycles. The van der Waals surface area contributed by atoms with Gasteiger partial charge in [0.25, 0.3) is 5.69 Å². The Hall–Kier alpha value is -2.11. The molecule has 86 valence electrons. The molecule has 0 spiro atoms. The summed E-state index contributed by atoms with van der Waals surface area (Å²) in [6, 6.07) is 5.72. The zero-order chi connectivity index (χ0) is 12.1. The molecular formula is C10H12N2O4. The fourth-order valence-electron chi connectivity index (χ4n) is 1.20. The van der Waals surface area contributed by atoms with Crippen LogP contribution in [0.1, 0.15) is 18.5 Å². The number of nitro groups is 1. The number of carbonyl (C=O) groups excluding carboxylic acids is 1. The number of nitrogens with one attached hydrogen (secondary N) is 1. The van der Waals surface area contributed by atoms with Gasteiger partial charge in [-0.05, 0) is 12.5 Å². The van der Waals surface area contributed by atoms with E-state index >= 15 is 0 Å². The monoisotopic (exact) mass is 224 g/mol. The number of benzene rings is 1. The van der Waals surface area contributed by atoms with E-state index in [1.165, 1.54) is 19.2 Å². The van der Waals surface area contributed by atoms with Gasteiger partial charge in [-0.3, -0.25) is 10.1 Å². The van der Waals surface area contributed by atoms with Crippen molar-refractivity contribution in [3.8, 4) is 0 Å². The van der Waals surface area contributed by atoms with E-state index in [9.17, 15) is 14.9 Å². The van der Waals surface area contributed by atoms with Crippen LogP contribution in [0, 0.1) is 10.1 Å². The first-order valence-corrected chi connectivity index (χ1v) is 4.63. The minimum atomic E-state index is -0.536. The molecule has 6 heteroatoms. The summed E-state index contributed by atoms with van der Waals surface area (Å²) in [7, 11) is 1.28. The molecule has 1 aromatic rings. The van der Waals surface area contributed by atoms with E-state index in [-0.39, 0.29) is 11.7 Å². The van der Waals surface area contributed by atoms with Gasteiger partial charge in [0.2, 0.25) is 0 Å². The second-order valence-corrected chi connectivity index (χ2v) is 3.21. The standard InChI is InChI=1S/C10H12N2O4/c1-7(11-10(13)16-2)8-3-5-9(6-4-8)12(14)15/h3-7H,1-2H3,(H,11,13). The fourth-order valence-corrected chi connectivity index (χ4v) is 1.20. The summed E-state index contributed by atoms with van der Waals surface area (Å²) in [4.78, 5) is 20.9. The lowest BCUT2D eigenvalue weighted by Gasteiger charge is -2.12. The molecule has 0 aromatic heterocycles. The number of ether oxygens (including phenoxy) is 1. The predicted molar refractivity (Wildman–Crippen MR) is 57.1 cm³/mol. The molecule has 16 heavy (non-hydrogen) atoms. The van der Waals surface area contributed by atoms with Crippen molar-refractivity contribution in [2.45, 2.75) is 13.0 Å². The summed E-state index contributed by atoms with van der Waals surface area (Å²) in [5.74, 6) is 0. The van der Waals surface area contributed by atoms with Crippen molar-refractivity contribution in [2.75, 3.05) is 7.11 Å². The zero-order valence-corrected chi connectivity index (χ0v) is 8.97. The highest BCUT2D eigenvalue weighted by Gasteiger charge is 2.11. The van der Waals surface area contributed by atoms with Crippen LogP contribution in [-0.2, 0) is 4.74 Å². The molecule has 1 atom stereocenters. The van der Waals surface area contributed by atoms with Gasteiger partial charge in [-0.15, -0.1) is 0 Å². The first-order valence-electron chi connectivity index (χ1n) is 4.63. The Morgan fingerprint density at radius 3 is 2.44 bits per heavy atom. The Labute approximate surface area is 92.4 Å². The van der Waals surface area contributed by atoms with E-state index in [1.807, 2.05) is 0 Å². The normalized spacial score (nSPS) is 11.6. The minimum absolute atomic E-state index is 0.0222. The zero-order valence-electron chi connectivity index (χ0n) is 8.97. The number of hydrogen-bond acceptors (Lipinski definition) is 4. The topological polar surface area (TPSA) is 81.5 Å². The molecule has 1 N–H and O–H groups in total. The number of nitrogens with zero attached hydrogens (tertiary/aromatic N) is 1. The SMILES string of the molecule is COC(=O)NC(C)c1ccc([N+](=O)[O-])cc1. The lowest BCUT2D eigenvalue weighted by Crippen LogP contribution is -2.26. The van der Waals surface area contributed by atoms with Crippen LogP contribution in [0.2, 0.25) is 0 Å². The molecule has 0 saturated carbocycles. The van der Waals surface area contributed by atoms with Crippen molar-refractivity contribution in [1.29, 1.82) is 0 Å². The van der Waals surface area contributed by atoms with Crippen LogP contribution >= 0.6 is 0 Å². The molecule has 1 amide bonds. The van der Waals surface area contributed by atoms with E-state index in [0.29, 0.717) is 0 Å². The second-order valence-electron chi connectivity index (χ2n) is 3.21. The Bertz CT molecular complexity index is 388. The summed E-state index contributed by atoms with van der Waals surface area (Å²) in [6.07, 6.45) is -0.536. The summed E-state index contributed by atoms with van der Waals surface area (Å²) in [6.45, 7) is 1.76. The van der Waals surface area contributed by atoms with Crippen LogP contribution in [0.15, 0.2) is 24.3 Å². The van der Waals surface area contributed by atoms with Crippen molar-refractivity contribution in [1.82, 2.24) is 5.32 Å². The van der Waals surface area contributed by atoms with E-state index in [1.54, 1.807) is 19.1 Å². The van der Waals surface area contributed by atoms with Gasteiger partial charge in [0.15, 0.2) is 0 Å². The van der Waals surface area contributed by atoms with Crippen molar-refractivity contribution < 1.29 is 14.5 Å². The van der Waals surface area contributed by atoms with Crippen molar-refractivity contribution >= 4 is 11.8 Å². The third-order valence-electron chi connectivity index (χ3n) is 2.12. The summed E-state index contributed by atoms with van der Waals surface area (Å²) < 4.78 is 4.45. The molecule has 0 fully saturated rings. The lowest BCUT2D eigenvalue weighted by atomic mass is 10.1. The smallest absolute Gasteiger partial charge is 0.407 e. The van der Waals surface area contributed by atoms with E-state index in [0.717, 1.165) is 5.56 Å². The number of amides is 1. The van der Waals surface area contributed by atoms with Gasteiger partial charge in [0.1, 0.15) is 0 Å². The maximum Gasteiger partial charge on any atom is 0.407 e. The highest BCUT2D eigenvalue weighted by Crippen LogP contribution is 2.17. The molecule has 6 nitrogen and oxygen atoms in total. The van der Waals surface area contributed by atoms with Gasteiger partial charge < -0.3 is 10.1 Å². The van der Waals surface area contributed by atoms with Crippen LogP contribution in [0.4, 0.5) is 10.5 Å². The third-order valence-corrected chi connectivity index (χ3v) is 2.12. The predicted octanol–water partition coefficient (Wildman–Crippen LogP) is 2.01. The van der Waals surface area contributed by atoms with Gasteiger partial charge in [0, 0.05) is 12.1 Å². The van der Waals surface area contributed by atoms with Gasteiger partial charge in [-0.1, -0.05) is 12.1 Å². The molecule has 0 saturated heterocycles. The number of methoxy groups -OCH3 is 1. The quantitative estimate of drug-likeness (QED) is 0.629. The van der Waals surface area contributed by atoms with Crippen molar-refractivity contribution in [3.05, 3.63) is 39.9 Å². The fraction of sp³-hybridized carbons (Fsp3) is 0.300. The Morgan fingerprint density at radius 2 is 2.00 bits per heavy atom. The van der Waals surface area contributed by atoms with Crippen LogP contribution in [-0.4, -0.2) is 18.1 Å². The number of alkyl carbamates (subject to hydrolysis) is 1. The molecule has 1 unspecified atom stereocenters. The summed E-state index contributed by atoms with van der Waals surface area (Å²) in [5.41, 5.74) is 0.796. The average Bonchev–Trinajstić information content (AvgIpc) is 2.28. The maximum atomic E-state index is 10.9. The summed E-state index contributed by atoms with van der Waals surface area (Å²) in [5, 5.41) is 13.0. The van der Waals surface area contributed by atoms with Gasteiger partial charge in [-0.25, -0.2) is 4.79 Å². The molecular weight excluding hydrogens is 212 g/mol. The average molecular weight is 224 g/mol. The molecule has 0 bridgehead atoms. The van der Waals surface area contributed by atoms with Gasteiger partial charge in [-0.2, -0.15) is 0 Å². The lowest BCUT2D eigenvalue weighted by molar-refractivity contribution is -0.384. The van der Waals surface area contributed by atoms with Crippen LogP contribution in [0.25, 0.3) is 0 Å². The molecule has 1 rings (SSSR count). The molecule has 0 heterocycles. The molecule has 0 aliphatic heterocycles. The number of rotatable bonds is 3. The van der Waals surface area contributed by atoms with E-state index in [2.05, 4.69) is 10.1 Å². The summed E-state index contributed by atoms with van der Waals surface area (Å²) >= 11 is 0. The number of carbonyl (C=O) groups is 1. The first kappa shape index (κ1) is 12.0. The molecule has 0 radical (unpaired) electrons. The number of nitro benzene ring substituents is 1. The van der Waals surface area contributed by atoms with Crippen LogP contribution < -0.4 is 5.32 Å². The first-order chi connectivity index (χ1) is 7.54. The van der Waals surface area contributed by atoms with Gasteiger partial charge in [0.05, 0.1) is 18.1 Å². The maximum absolute atomic E-state index is 10.9. The van der Waals surface area contributed by atoms with E-state index < -0.39 is 11.0 Å². The Morgan fingerprint density at radius 1 is 1.44 bits per heavy atom. The highest BCUT2D eigenvalue weighted by molar-refractivity contribution is 5.67. The van der Waals surface area contributed by atoms with E-state index in [4.69, 9.17) is 0 Å². The van der Waals surface area contributed by atoms with Gasteiger partial charge >= 0.3 is 6.09 Å². The van der Waals surface area contributed by atoms with Crippen molar-refractivity contribution in [3.63, 3.8) is 0 Å². The minimum Gasteiger partial charge on any atom is -0.453 e. The third kappa shape index (κ3) is 2.94. The van der Waals surface area contributed by atoms with Crippen LogP contribution in [0.5, 0.6) is 0 Å². The highest BCUT2D eigenvalue weighted by atomic mass is 16.6. The Kier molecular flexibility index (Phi) is 3.82. The van der Waals surface area contributed by atoms with Crippen LogP contribution in [0.3, 0.4) is 0 Å². The second kappa shape index (κ2) is 5.11. The molecule has 1 aromatic carbocycles. The number of hydrogen-bond donors (Lipinski definition) is 1.